The fourth-order valence-electron chi connectivity index (χ4n) is 4.00. The van der Waals surface area contributed by atoms with Crippen molar-refractivity contribution >= 4 is 33.9 Å². The van der Waals surface area contributed by atoms with Crippen molar-refractivity contribution < 1.29 is 23.9 Å². The highest BCUT2D eigenvalue weighted by Gasteiger charge is 2.35. The van der Waals surface area contributed by atoms with Crippen LogP contribution in [0.1, 0.15) is 38.3 Å². The average molecular weight is 494 g/mol. The van der Waals surface area contributed by atoms with E-state index in [4.69, 9.17) is 9.47 Å². The number of nitrogens with zero attached hydrogens (tertiary/aromatic N) is 1. The van der Waals surface area contributed by atoms with Crippen molar-refractivity contribution in [2.75, 3.05) is 32.8 Å². The van der Waals surface area contributed by atoms with E-state index in [1.807, 2.05) is 24.3 Å². The van der Waals surface area contributed by atoms with Crippen molar-refractivity contribution in [3.05, 3.63) is 45.6 Å². The van der Waals surface area contributed by atoms with Crippen molar-refractivity contribution in [1.29, 1.82) is 0 Å². The van der Waals surface area contributed by atoms with Gasteiger partial charge in [0.2, 0.25) is 0 Å². The van der Waals surface area contributed by atoms with E-state index in [1.165, 1.54) is 0 Å². The van der Waals surface area contributed by atoms with Gasteiger partial charge in [-0.25, -0.2) is 9.59 Å². The smallest absolute Gasteiger partial charge is 0.338 e. The molecule has 0 radical (unpaired) electrons. The van der Waals surface area contributed by atoms with E-state index in [2.05, 4.69) is 31.5 Å². The molecule has 1 saturated heterocycles. The molecule has 0 saturated carbocycles. The molecule has 1 fully saturated rings. The number of urea groups is 1. The standard InChI is InChI=1S/C22H28BrN3O5/c1-3-30-20(27)15-8-6-10-26(12-15)13-17-18(21(28)31-4-2)19(25-22(29)24-17)14-7-5-9-16(23)11-14/h5,7,9,11,15,19H,3-4,6,8,10,12-13H2,1-2H3,(H2,24,25,29). The summed E-state index contributed by atoms with van der Waals surface area (Å²) < 4.78 is 11.3. The zero-order chi connectivity index (χ0) is 22.4. The van der Waals surface area contributed by atoms with E-state index in [9.17, 15) is 14.4 Å². The van der Waals surface area contributed by atoms with Crippen LogP contribution in [0.2, 0.25) is 0 Å². The van der Waals surface area contributed by atoms with Gasteiger partial charge in [0.05, 0.1) is 30.7 Å². The Balaban J connectivity index is 1.91. The first-order chi connectivity index (χ1) is 14.9. The number of piperidine rings is 1. The molecule has 0 aromatic heterocycles. The van der Waals surface area contributed by atoms with Crippen LogP contribution in [0, 0.1) is 5.92 Å². The molecular formula is C22H28BrN3O5. The van der Waals surface area contributed by atoms with E-state index in [1.54, 1.807) is 13.8 Å². The topological polar surface area (TPSA) is 97.0 Å². The minimum atomic E-state index is -0.633. The number of halogens is 1. The molecule has 31 heavy (non-hydrogen) atoms. The summed E-state index contributed by atoms with van der Waals surface area (Å²) >= 11 is 3.45. The zero-order valence-corrected chi connectivity index (χ0v) is 19.4. The maximum absolute atomic E-state index is 12.9. The quantitative estimate of drug-likeness (QED) is 0.566. The summed E-state index contributed by atoms with van der Waals surface area (Å²) in [6.07, 6.45) is 1.61. The van der Waals surface area contributed by atoms with Gasteiger partial charge in [-0.05, 0) is 50.9 Å². The first-order valence-corrected chi connectivity index (χ1v) is 11.3. The molecule has 2 atom stereocenters. The molecule has 0 bridgehead atoms. The minimum absolute atomic E-state index is 0.201. The summed E-state index contributed by atoms with van der Waals surface area (Å²) in [5, 5.41) is 5.63. The molecule has 2 amide bonds. The Morgan fingerprint density at radius 3 is 2.71 bits per heavy atom. The van der Waals surface area contributed by atoms with E-state index >= 15 is 0 Å². The number of carbonyl (C=O) groups excluding carboxylic acids is 3. The van der Waals surface area contributed by atoms with Gasteiger partial charge in [-0.15, -0.1) is 0 Å². The molecule has 168 valence electrons. The molecule has 8 nitrogen and oxygen atoms in total. The molecule has 1 aromatic carbocycles. The number of hydrogen-bond acceptors (Lipinski definition) is 6. The highest BCUT2D eigenvalue weighted by Crippen LogP contribution is 2.30. The Labute approximate surface area is 190 Å². The Kier molecular flexibility index (Phi) is 8.09. The van der Waals surface area contributed by atoms with Gasteiger partial charge >= 0.3 is 18.0 Å². The van der Waals surface area contributed by atoms with E-state index in [-0.39, 0.29) is 24.5 Å². The summed E-state index contributed by atoms with van der Waals surface area (Å²) in [5.41, 5.74) is 1.64. The van der Waals surface area contributed by atoms with Crippen LogP contribution in [-0.2, 0) is 19.1 Å². The van der Waals surface area contributed by atoms with Crippen LogP contribution in [0.3, 0.4) is 0 Å². The van der Waals surface area contributed by atoms with Crippen LogP contribution < -0.4 is 10.6 Å². The third-order valence-corrected chi connectivity index (χ3v) is 5.83. The molecule has 2 N–H and O–H groups in total. The molecule has 2 heterocycles. The van der Waals surface area contributed by atoms with E-state index in [0.29, 0.717) is 31.0 Å². The summed E-state index contributed by atoms with van der Waals surface area (Å²) in [6.45, 7) is 5.73. The first-order valence-electron chi connectivity index (χ1n) is 10.5. The van der Waals surface area contributed by atoms with Crippen LogP contribution in [0.5, 0.6) is 0 Å². The summed E-state index contributed by atoms with van der Waals surface area (Å²) in [4.78, 5) is 39.6. The Hall–Kier alpha value is -2.39. The SMILES string of the molecule is CCOC(=O)C1=C(CN2CCCC(C(=O)OCC)C2)NC(=O)NC1c1cccc(Br)c1. The van der Waals surface area contributed by atoms with Crippen LogP contribution >= 0.6 is 15.9 Å². The second-order valence-corrected chi connectivity index (χ2v) is 8.44. The zero-order valence-electron chi connectivity index (χ0n) is 17.8. The molecule has 1 aromatic rings. The maximum atomic E-state index is 12.9. The first kappa shape index (κ1) is 23.3. The number of ether oxygens (including phenoxy) is 2. The predicted molar refractivity (Wildman–Crippen MR) is 118 cm³/mol. The summed E-state index contributed by atoms with van der Waals surface area (Å²) in [6, 6.07) is 6.44. The Morgan fingerprint density at radius 1 is 1.23 bits per heavy atom. The molecular weight excluding hydrogens is 466 g/mol. The molecule has 0 spiro atoms. The maximum Gasteiger partial charge on any atom is 0.338 e. The lowest BCUT2D eigenvalue weighted by atomic mass is 9.94. The Morgan fingerprint density at radius 2 is 2.00 bits per heavy atom. The molecule has 9 heteroatoms. The number of amides is 2. The summed E-state index contributed by atoms with van der Waals surface area (Å²) in [7, 11) is 0. The van der Waals surface area contributed by atoms with Crippen LogP contribution in [0.25, 0.3) is 0 Å². The number of carbonyl (C=O) groups is 3. The predicted octanol–water partition coefficient (Wildman–Crippen LogP) is 2.90. The van der Waals surface area contributed by atoms with Gasteiger partial charge in [-0.3, -0.25) is 9.69 Å². The van der Waals surface area contributed by atoms with E-state index in [0.717, 1.165) is 29.4 Å². The van der Waals surface area contributed by atoms with Gasteiger partial charge in [0.25, 0.3) is 0 Å². The fraction of sp³-hybridized carbons (Fsp3) is 0.500. The normalized spacial score (nSPS) is 21.8. The van der Waals surface area contributed by atoms with Crippen LogP contribution in [0.15, 0.2) is 40.0 Å². The number of hydrogen-bond donors (Lipinski definition) is 2. The third-order valence-electron chi connectivity index (χ3n) is 5.34. The van der Waals surface area contributed by atoms with Crippen molar-refractivity contribution in [3.8, 4) is 0 Å². The molecule has 0 aliphatic carbocycles. The largest absolute Gasteiger partial charge is 0.466 e. The van der Waals surface area contributed by atoms with Gasteiger partial charge in [0, 0.05) is 23.3 Å². The highest BCUT2D eigenvalue weighted by atomic mass is 79.9. The highest BCUT2D eigenvalue weighted by molar-refractivity contribution is 9.10. The monoisotopic (exact) mass is 493 g/mol. The second kappa shape index (κ2) is 10.8. The molecule has 2 aliphatic heterocycles. The lowest BCUT2D eigenvalue weighted by molar-refractivity contribution is -0.150. The van der Waals surface area contributed by atoms with E-state index < -0.39 is 12.0 Å². The van der Waals surface area contributed by atoms with Crippen molar-refractivity contribution in [2.45, 2.75) is 32.7 Å². The number of likely N-dealkylation sites (tertiary alicyclic amines) is 1. The van der Waals surface area contributed by atoms with Crippen LogP contribution in [-0.4, -0.2) is 55.7 Å². The molecule has 3 rings (SSSR count). The van der Waals surface area contributed by atoms with Gasteiger partial charge in [-0.2, -0.15) is 0 Å². The molecule has 2 unspecified atom stereocenters. The van der Waals surface area contributed by atoms with Crippen molar-refractivity contribution in [3.63, 3.8) is 0 Å². The Bertz CT molecular complexity index is 872. The lowest BCUT2D eigenvalue weighted by Crippen LogP contribution is -2.50. The molecule has 2 aliphatic rings. The van der Waals surface area contributed by atoms with Gasteiger partial charge in [0.1, 0.15) is 0 Å². The van der Waals surface area contributed by atoms with Crippen molar-refractivity contribution in [1.82, 2.24) is 15.5 Å². The number of nitrogens with one attached hydrogen (secondary N) is 2. The van der Waals surface area contributed by atoms with Gasteiger partial charge < -0.3 is 20.1 Å². The number of benzene rings is 1. The van der Waals surface area contributed by atoms with Gasteiger partial charge in [-0.1, -0.05) is 28.1 Å². The summed E-state index contributed by atoms with van der Waals surface area (Å²) in [5.74, 6) is -0.888. The number of rotatable bonds is 7. The second-order valence-electron chi connectivity index (χ2n) is 7.53. The lowest BCUT2D eigenvalue weighted by Gasteiger charge is -2.35. The fourth-order valence-corrected chi connectivity index (χ4v) is 4.42. The van der Waals surface area contributed by atoms with Gasteiger partial charge in [0.15, 0.2) is 0 Å². The van der Waals surface area contributed by atoms with Crippen LogP contribution in [0.4, 0.5) is 4.79 Å². The minimum Gasteiger partial charge on any atom is -0.466 e. The average Bonchev–Trinajstić information content (AvgIpc) is 2.74. The number of esters is 2. The third kappa shape index (κ3) is 5.86. The van der Waals surface area contributed by atoms with Crippen molar-refractivity contribution in [2.24, 2.45) is 5.92 Å².